The second-order valence-corrected chi connectivity index (χ2v) is 5.23. The third kappa shape index (κ3) is 2.09. The Balaban J connectivity index is 2.55. The molecule has 1 heteroatoms. The first-order valence-electron chi connectivity index (χ1n) is 4.95. The van der Waals surface area contributed by atoms with E-state index in [0.29, 0.717) is 11.7 Å². The summed E-state index contributed by atoms with van der Waals surface area (Å²) in [5.74, 6) is 1.59. The molecule has 0 N–H and O–H groups in total. The van der Waals surface area contributed by atoms with Gasteiger partial charge in [-0.3, -0.25) is 4.79 Å². The highest BCUT2D eigenvalue weighted by molar-refractivity contribution is 5.86. The summed E-state index contributed by atoms with van der Waals surface area (Å²) in [6, 6.07) is 0. The fourth-order valence-corrected chi connectivity index (χ4v) is 2.06. The lowest BCUT2D eigenvalue weighted by atomic mass is 9.82. The molecular formula is C11H20O. The maximum Gasteiger partial charge on any atom is 0.141 e. The predicted molar refractivity (Wildman–Crippen MR) is 51.0 cm³/mol. The van der Waals surface area contributed by atoms with Crippen LogP contribution in [-0.2, 0) is 4.79 Å². The third-order valence-corrected chi connectivity index (χ3v) is 2.80. The van der Waals surface area contributed by atoms with E-state index < -0.39 is 0 Å². The Morgan fingerprint density at radius 2 is 1.83 bits per heavy atom. The number of carbonyl (C=O) groups is 1. The van der Waals surface area contributed by atoms with Crippen LogP contribution in [-0.4, -0.2) is 5.78 Å². The zero-order valence-electron chi connectivity index (χ0n) is 8.68. The quantitative estimate of drug-likeness (QED) is 0.588. The Labute approximate surface area is 75.5 Å². The van der Waals surface area contributed by atoms with Crippen LogP contribution in [0.2, 0.25) is 0 Å². The molecule has 0 aromatic heterocycles. The lowest BCUT2D eigenvalue weighted by Crippen LogP contribution is -2.26. The summed E-state index contributed by atoms with van der Waals surface area (Å²) in [6.07, 6.45) is 3.49. The molecule has 1 nitrogen and oxygen atoms in total. The molecule has 12 heavy (non-hydrogen) atoms. The first kappa shape index (κ1) is 9.76. The van der Waals surface area contributed by atoms with Gasteiger partial charge in [0.1, 0.15) is 5.78 Å². The van der Waals surface area contributed by atoms with E-state index in [9.17, 15) is 4.79 Å². The number of rotatable bonds is 1. The van der Waals surface area contributed by atoms with Crippen LogP contribution in [0.15, 0.2) is 0 Å². The van der Waals surface area contributed by atoms with Gasteiger partial charge in [-0.2, -0.15) is 0 Å². The highest BCUT2D eigenvalue weighted by Gasteiger charge is 2.33. The molecule has 1 saturated carbocycles. The maximum absolute atomic E-state index is 11.8. The Bertz CT molecular complexity index is 176. The predicted octanol–water partition coefficient (Wildman–Crippen LogP) is 3.04. The molecule has 0 aliphatic heterocycles. The number of hydrogen-bond donors (Lipinski definition) is 0. The highest BCUT2D eigenvalue weighted by Crippen LogP contribution is 2.35. The largest absolute Gasteiger partial charge is 0.299 e. The molecule has 0 radical (unpaired) electrons. The molecule has 0 aromatic carbocycles. The van der Waals surface area contributed by atoms with E-state index >= 15 is 0 Å². The van der Waals surface area contributed by atoms with Gasteiger partial charge in [0.15, 0.2) is 0 Å². The van der Waals surface area contributed by atoms with Crippen LogP contribution in [0.5, 0.6) is 0 Å². The summed E-state index contributed by atoms with van der Waals surface area (Å²) in [6.45, 7) is 8.32. The van der Waals surface area contributed by atoms with E-state index in [1.807, 2.05) is 20.8 Å². The SMILES string of the molecule is CC1CC[C@H](C(=O)C(C)(C)C)C1. The lowest BCUT2D eigenvalue weighted by Gasteiger charge is -2.21. The Kier molecular flexibility index (Phi) is 2.60. The molecule has 0 bridgehead atoms. The molecule has 0 aromatic rings. The van der Waals surface area contributed by atoms with Crippen LogP contribution in [0.3, 0.4) is 0 Å². The van der Waals surface area contributed by atoms with Gasteiger partial charge in [-0.1, -0.05) is 27.7 Å². The first-order chi connectivity index (χ1) is 5.41. The first-order valence-corrected chi connectivity index (χ1v) is 4.95. The number of Topliss-reactive ketones (excluding diaryl/α,β-unsaturated/α-hetero) is 1. The monoisotopic (exact) mass is 168 g/mol. The van der Waals surface area contributed by atoms with Gasteiger partial charge in [-0.05, 0) is 25.2 Å². The van der Waals surface area contributed by atoms with Crippen molar-refractivity contribution in [2.45, 2.75) is 47.0 Å². The summed E-state index contributed by atoms with van der Waals surface area (Å²) in [5.41, 5.74) is -0.130. The molecule has 70 valence electrons. The van der Waals surface area contributed by atoms with Crippen molar-refractivity contribution in [3.63, 3.8) is 0 Å². The molecule has 1 fully saturated rings. The summed E-state index contributed by atoms with van der Waals surface area (Å²) >= 11 is 0. The van der Waals surface area contributed by atoms with E-state index in [4.69, 9.17) is 0 Å². The summed E-state index contributed by atoms with van der Waals surface area (Å²) in [4.78, 5) is 11.8. The van der Waals surface area contributed by atoms with Crippen LogP contribution in [0.1, 0.15) is 47.0 Å². The molecule has 1 aliphatic rings. The van der Waals surface area contributed by atoms with Gasteiger partial charge in [0.05, 0.1) is 0 Å². The topological polar surface area (TPSA) is 17.1 Å². The van der Waals surface area contributed by atoms with Crippen LogP contribution >= 0.6 is 0 Å². The lowest BCUT2D eigenvalue weighted by molar-refractivity contribution is -0.130. The van der Waals surface area contributed by atoms with Crippen molar-refractivity contribution in [2.75, 3.05) is 0 Å². The molecular weight excluding hydrogens is 148 g/mol. The van der Waals surface area contributed by atoms with Crippen molar-refractivity contribution >= 4 is 5.78 Å². The molecule has 0 heterocycles. The zero-order valence-corrected chi connectivity index (χ0v) is 8.68. The van der Waals surface area contributed by atoms with Crippen molar-refractivity contribution in [1.29, 1.82) is 0 Å². The van der Waals surface area contributed by atoms with Crippen molar-refractivity contribution in [2.24, 2.45) is 17.3 Å². The van der Waals surface area contributed by atoms with Gasteiger partial charge in [0.25, 0.3) is 0 Å². The van der Waals surface area contributed by atoms with Gasteiger partial charge >= 0.3 is 0 Å². The number of carbonyl (C=O) groups excluding carboxylic acids is 1. The van der Waals surface area contributed by atoms with Crippen LogP contribution < -0.4 is 0 Å². The van der Waals surface area contributed by atoms with E-state index in [0.717, 1.165) is 18.8 Å². The summed E-state index contributed by atoms with van der Waals surface area (Å²) < 4.78 is 0. The minimum absolute atomic E-state index is 0.130. The maximum atomic E-state index is 11.8. The average molecular weight is 168 g/mol. The average Bonchev–Trinajstić information content (AvgIpc) is 2.32. The number of hydrogen-bond acceptors (Lipinski definition) is 1. The second kappa shape index (κ2) is 3.20. The summed E-state index contributed by atoms with van der Waals surface area (Å²) in [7, 11) is 0. The van der Waals surface area contributed by atoms with Crippen LogP contribution in [0.4, 0.5) is 0 Å². The molecule has 0 spiro atoms. The minimum atomic E-state index is -0.130. The van der Waals surface area contributed by atoms with E-state index in [1.165, 1.54) is 6.42 Å². The van der Waals surface area contributed by atoms with Crippen molar-refractivity contribution in [1.82, 2.24) is 0 Å². The van der Waals surface area contributed by atoms with Crippen molar-refractivity contribution in [3.05, 3.63) is 0 Å². The smallest absolute Gasteiger partial charge is 0.141 e. The minimum Gasteiger partial charge on any atom is -0.299 e. The molecule has 0 amide bonds. The Hall–Kier alpha value is -0.330. The van der Waals surface area contributed by atoms with Crippen molar-refractivity contribution in [3.8, 4) is 0 Å². The third-order valence-electron chi connectivity index (χ3n) is 2.80. The van der Waals surface area contributed by atoms with E-state index in [1.54, 1.807) is 0 Å². The van der Waals surface area contributed by atoms with Gasteiger partial charge in [-0.15, -0.1) is 0 Å². The van der Waals surface area contributed by atoms with E-state index in [-0.39, 0.29) is 5.41 Å². The van der Waals surface area contributed by atoms with Crippen LogP contribution in [0, 0.1) is 17.3 Å². The fraction of sp³-hybridized carbons (Fsp3) is 0.909. The molecule has 1 unspecified atom stereocenters. The van der Waals surface area contributed by atoms with Crippen molar-refractivity contribution < 1.29 is 4.79 Å². The molecule has 1 rings (SSSR count). The van der Waals surface area contributed by atoms with Gasteiger partial charge in [-0.25, -0.2) is 0 Å². The van der Waals surface area contributed by atoms with Gasteiger partial charge < -0.3 is 0 Å². The second-order valence-electron chi connectivity index (χ2n) is 5.23. The molecule has 1 aliphatic carbocycles. The van der Waals surface area contributed by atoms with Gasteiger partial charge in [0.2, 0.25) is 0 Å². The zero-order chi connectivity index (χ0) is 9.35. The summed E-state index contributed by atoms with van der Waals surface area (Å²) in [5, 5.41) is 0. The van der Waals surface area contributed by atoms with Gasteiger partial charge in [0, 0.05) is 11.3 Å². The Morgan fingerprint density at radius 3 is 2.17 bits per heavy atom. The molecule has 0 saturated heterocycles. The fourth-order valence-electron chi connectivity index (χ4n) is 2.06. The highest BCUT2D eigenvalue weighted by atomic mass is 16.1. The molecule has 2 atom stereocenters. The van der Waals surface area contributed by atoms with Crippen LogP contribution in [0.25, 0.3) is 0 Å². The normalized spacial score (nSPS) is 30.7. The standard InChI is InChI=1S/C11H20O/c1-8-5-6-9(7-8)10(12)11(2,3)4/h8-9H,5-7H2,1-4H3/t8?,9-/m0/s1. The number of ketones is 1. The van der Waals surface area contributed by atoms with E-state index in [2.05, 4.69) is 6.92 Å². The Morgan fingerprint density at radius 1 is 1.25 bits per heavy atom.